The fraction of sp³-hybridized carbons (Fsp3) is 0.278. The van der Waals surface area contributed by atoms with Gasteiger partial charge in [0, 0.05) is 6.42 Å². The first kappa shape index (κ1) is 17.5. The molecule has 0 radical (unpaired) electrons. The van der Waals surface area contributed by atoms with E-state index in [1.807, 2.05) is 19.9 Å². The molecule has 1 heterocycles. The Morgan fingerprint density at radius 1 is 1.17 bits per heavy atom. The Hall–Kier alpha value is -2.89. The lowest BCUT2D eigenvalue weighted by molar-refractivity contribution is -0.116. The first-order valence-corrected chi connectivity index (χ1v) is 7.70. The Kier molecular flexibility index (Phi) is 5.89. The van der Waals surface area contributed by atoms with E-state index in [9.17, 15) is 9.59 Å². The maximum Gasteiger partial charge on any atom is 0.339 e. The second-order valence-corrected chi connectivity index (χ2v) is 5.74. The van der Waals surface area contributed by atoms with Crippen LogP contribution in [0, 0.1) is 5.92 Å². The number of ether oxygens (including phenoxy) is 1. The molecule has 0 unspecified atom stereocenters. The van der Waals surface area contributed by atoms with Crippen LogP contribution in [0.3, 0.4) is 0 Å². The molecule has 1 aromatic heterocycles. The minimum Gasteiger partial charge on any atom is -0.465 e. The molecule has 0 aliphatic carbocycles. The Balaban J connectivity index is 2.07. The molecule has 0 fully saturated rings. The normalized spacial score (nSPS) is 10.3. The average molecular weight is 327 g/mol. The molecule has 24 heavy (non-hydrogen) atoms. The van der Waals surface area contributed by atoms with Crippen LogP contribution in [0.15, 0.2) is 42.6 Å². The molecule has 0 bridgehead atoms. The number of aromatic nitrogens is 1. The molecule has 6 heteroatoms. The number of methoxy groups -OCH3 is 1. The van der Waals surface area contributed by atoms with E-state index in [0.717, 1.165) is 0 Å². The fourth-order valence-electron chi connectivity index (χ4n) is 2.14. The number of para-hydroxylation sites is 1. The van der Waals surface area contributed by atoms with Crippen LogP contribution in [-0.4, -0.2) is 24.0 Å². The van der Waals surface area contributed by atoms with Gasteiger partial charge in [-0.15, -0.1) is 0 Å². The molecule has 126 valence electrons. The third kappa shape index (κ3) is 4.81. The number of hydrogen-bond acceptors (Lipinski definition) is 5. The lowest BCUT2D eigenvalue weighted by atomic mass is 10.1. The highest BCUT2D eigenvalue weighted by Gasteiger charge is 2.11. The number of hydrogen-bond donors (Lipinski definition) is 2. The van der Waals surface area contributed by atoms with Crippen LogP contribution in [0.4, 0.5) is 17.2 Å². The Morgan fingerprint density at radius 2 is 1.92 bits per heavy atom. The van der Waals surface area contributed by atoms with E-state index in [4.69, 9.17) is 4.74 Å². The molecule has 0 saturated carbocycles. The zero-order valence-corrected chi connectivity index (χ0v) is 14.0. The van der Waals surface area contributed by atoms with E-state index < -0.39 is 5.97 Å². The van der Waals surface area contributed by atoms with E-state index in [0.29, 0.717) is 35.1 Å². The smallest absolute Gasteiger partial charge is 0.339 e. The third-order valence-corrected chi connectivity index (χ3v) is 3.24. The van der Waals surface area contributed by atoms with Crippen LogP contribution in [-0.2, 0) is 9.53 Å². The van der Waals surface area contributed by atoms with E-state index in [1.54, 1.807) is 36.5 Å². The van der Waals surface area contributed by atoms with Crippen LogP contribution in [0.2, 0.25) is 0 Å². The lowest BCUT2D eigenvalue weighted by Crippen LogP contribution is -2.14. The summed E-state index contributed by atoms with van der Waals surface area (Å²) in [5.41, 5.74) is 1.66. The van der Waals surface area contributed by atoms with E-state index in [1.165, 1.54) is 7.11 Å². The van der Waals surface area contributed by atoms with Crippen molar-refractivity contribution >= 4 is 29.1 Å². The minimum absolute atomic E-state index is 0.0384. The van der Waals surface area contributed by atoms with Gasteiger partial charge in [-0.1, -0.05) is 26.0 Å². The molecule has 1 amide bonds. The summed E-state index contributed by atoms with van der Waals surface area (Å²) in [4.78, 5) is 27.8. The van der Waals surface area contributed by atoms with Gasteiger partial charge in [-0.3, -0.25) is 4.79 Å². The number of nitrogens with zero attached hydrogens (tertiary/aromatic N) is 1. The molecule has 2 N–H and O–H groups in total. The SMILES string of the molecule is COC(=O)c1ccccc1Nc1ccc(NC(=O)CC(C)C)cn1. The van der Waals surface area contributed by atoms with Crippen molar-refractivity contribution in [2.75, 3.05) is 17.7 Å². The van der Waals surface area contributed by atoms with Crippen LogP contribution >= 0.6 is 0 Å². The summed E-state index contributed by atoms with van der Waals surface area (Å²) in [6, 6.07) is 10.5. The second kappa shape index (κ2) is 8.10. The standard InChI is InChI=1S/C18H21N3O3/c1-12(2)10-17(22)20-13-8-9-16(19-11-13)21-15-7-5-4-6-14(15)18(23)24-3/h4-9,11-12H,10H2,1-3H3,(H,19,21)(H,20,22). The predicted molar refractivity (Wildman–Crippen MR) is 93.4 cm³/mol. The van der Waals surface area contributed by atoms with Crippen molar-refractivity contribution in [1.29, 1.82) is 0 Å². The van der Waals surface area contributed by atoms with Crippen molar-refractivity contribution in [3.8, 4) is 0 Å². The zero-order chi connectivity index (χ0) is 17.5. The van der Waals surface area contributed by atoms with Crippen LogP contribution in [0.1, 0.15) is 30.6 Å². The van der Waals surface area contributed by atoms with Crippen molar-refractivity contribution in [3.63, 3.8) is 0 Å². The number of carbonyl (C=O) groups excluding carboxylic acids is 2. The summed E-state index contributed by atoms with van der Waals surface area (Å²) in [6.45, 7) is 3.98. The number of esters is 1. The van der Waals surface area contributed by atoms with Gasteiger partial charge in [0.05, 0.1) is 30.2 Å². The van der Waals surface area contributed by atoms with Gasteiger partial charge in [-0.25, -0.2) is 9.78 Å². The molecule has 0 atom stereocenters. The van der Waals surface area contributed by atoms with Gasteiger partial charge in [-0.05, 0) is 30.2 Å². The number of pyridine rings is 1. The summed E-state index contributed by atoms with van der Waals surface area (Å²) in [7, 11) is 1.34. The highest BCUT2D eigenvalue weighted by molar-refractivity contribution is 5.96. The fourth-order valence-corrected chi connectivity index (χ4v) is 2.14. The van der Waals surface area contributed by atoms with Gasteiger partial charge >= 0.3 is 5.97 Å². The molecule has 1 aromatic carbocycles. The van der Waals surface area contributed by atoms with E-state index in [2.05, 4.69) is 15.6 Å². The molecule has 2 aromatic rings. The quantitative estimate of drug-likeness (QED) is 0.792. The number of carbonyl (C=O) groups is 2. The molecule has 0 spiro atoms. The molecular formula is C18H21N3O3. The summed E-state index contributed by atoms with van der Waals surface area (Å²) in [5.74, 6) is 0.404. The van der Waals surface area contributed by atoms with E-state index in [-0.39, 0.29) is 5.91 Å². The van der Waals surface area contributed by atoms with Crippen molar-refractivity contribution in [2.45, 2.75) is 20.3 Å². The largest absolute Gasteiger partial charge is 0.465 e. The molecule has 6 nitrogen and oxygen atoms in total. The Bertz CT molecular complexity index is 712. The second-order valence-electron chi connectivity index (χ2n) is 5.74. The number of benzene rings is 1. The minimum atomic E-state index is -0.421. The number of amides is 1. The first-order valence-electron chi connectivity index (χ1n) is 7.70. The summed E-state index contributed by atoms with van der Waals surface area (Å²) in [5, 5.41) is 5.88. The predicted octanol–water partition coefficient (Wildman–Crippen LogP) is 3.60. The zero-order valence-electron chi connectivity index (χ0n) is 14.0. The molecular weight excluding hydrogens is 306 g/mol. The van der Waals surface area contributed by atoms with Gasteiger partial charge < -0.3 is 15.4 Å². The van der Waals surface area contributed by atoms with Crippen molar-refractivity contribution in [3.05, 3.63) is 48.2 Å². The van der Waals surface area contributed by atoms with Crippen LogP contribution in [0.25, 0.3) is 0 Å². The Morgan fingerprint density at radius 3 is 2.54 bits per heavy atom. The lowest BCUT2D eigenvalue weighted by Gasteiger charge is -2.11. The molecule has 2 rings (SSSR count). The number of nitrogens with one attached hydrogen (secondary N) is 2. The maximum absolute atomic E-state index is 11.8. The molecule has 0 aliphatic rings. The van der Waals surface area contributed by atoms with Gasteiger partial charge in [0.25, 0.3) is 0 Å². The highest BCUT2D eigenvalue weighted by Crippen LogP contribution is 2.21. The van der Waals surface area contributed by atoms with Crippen molar-refractivity contribution < 1.29 is 14.3 Å². The topological polar surface area (TPSA) is 80.3 Å². The maximum atomic E-state index is 11.8. The van der Waals surface area contributed by atoms with Crippen LogP contribution in [0.5, 0.6) is 0 Å². The van der Waals surface area contributed by atoms with Crippen molar-refractivity contribution in [1.82, 2.24) is 4.98 Å². The average Bonchev–Trinajstić information content (AvgIpc) is 2.55. The van der Waals surface area contributed by atoms with Gasteiger partial charge in [0.2, 0.25) is 5.91 Å². The number of anilines is 3. The van der Waals surface area contributed by atoms with Gasteiger partial charge in [-0.2, -0.15) is 0 Å². The highest BCUT2D eigenvalue weighted by atomic mass is 16.5. The molecule has 0 aliphatic heterocycles. The van der Waals surface area contributed by atoms with E-state index >= 15 is 0 Å². The monoisotopic (exact) mass is 327 g/mol. The van der Waals surface area contributed by atoms with Gasteiger partial charge in [0.15, 0.2) is 0 Å². The van der Waals surface area contributed by atoms with Gasteiger partial charge in [0.1, 0.15) is 5.82 Å². The third-order valence-electron chi connectivity index (χ3n) is 3.24. The summed E-state index contributed by atoms with van der Waals surface area (Å²) < 4.78 is 4.76. The Labute approximate surface area is 141 Å². The molecule has 0 saturated heterocycles. The first-order chi connectivity index (χ1) is 11.5. The number of rotatable bonds is 6. The van der Waals surface area contributed by atoms with Crippen LogP contribution < -0.4 is 10.6 Å². The van der Waals surface area contributed by atoms with Crippen molar-refractivity contribution in [2.24, 2.45) is 5.92 Å². The summed E-state index contributed by atoms with van der Waals surface area (Å²) >= 11 is 0. The summed E-state index contributed by atoms with van der Waals surface area (Å²) in [6.07, 6.45) is 2.04.